The number of aromatic nitrogens is 3. The zero-order valence-corrected chi connectivity index (χ0v) is 15.6. The molecule has 8 heteroatoms. The number of nitrogens with one attached hydrogen (secondary N) is 1. The van der Waals surface area contributed by atoms with Gasteiger partial charge >= 0.3 is 0 Å². The second kappa shape index (κ2) is 8.09. The zero-order valence-electron chi connectivity index (χ0n) is 14.8. The first-order valence-electron chi connectivity index (χ1n) is 8.22. The molecule has 0 saturated carbocycles. The van der Waals surface area contributed by atoms with Gasteiger partial charge in [0.15, 0.2) is 16.7 Å². The Bertz CT molecular complexity index is 859. The number of amides is 1. The van der Waals surface area contributed by atoms with Crippen LogP contribution in [0, 0.1) is 0 Å². The van der Waals surface area contributed by atoms with Crippen LogP contribution < -0.4 is 10.1 Å². The van der Waals surface area contributed by atoms with Gasteiger partial charge in [-0.25, -0.2) is 0 Å². The quantitative estimate of drug-likeness (QED) is 0.638. The monoisotopic (exact) mass is 372 g/mol. The number of benzene rings is 1. The first-order chi connectivity index (χ1) is 12.6. The van der Waals surface area contributed by atoms with Crippen molar-refractivity contribution < 1.29 is 13.9 Å². The number of hydrogen-bond donors (Lipinski definition) is 1. The van der Waals surface area contributed by atoms with Crippen molar-refractivity contribution >= 4 is 23.4 Å². The Morgan fingerprint density at radius 1 is 1.31 bits per heavy atom. The van der Waals surface area contributed by atoms with Crippen LogP contribution >= 0.6 is 11.8 Å². The molecule has 2 aromatic heterocycles. The first-order valence-corrected chi connectivity index (χ1v) is 9.10. The zero-order chi connectivity index (χ0) is 18.5. The van der Waals surface area contributed by atoms with Crippen LogP contribution in [0.2, 0.25) is 0 Å². The molecule has 0 fully saturated rings. The highest BCUT2D eigenvalue weighted by molar-refractivity contribution is 8.00. The van der Waals surface area contributed by atoms with Gasteiger partial charge in [0.05, 0.1) is 18.1 Å². The Labute approximate surface area is 155 Å². The molecule has 2 heterocycles. The molecule has 1 aromatic carbocycles. The predicted molar refractivity (Wildman–Crippen MR) is 100 cm³/mol. The molecule has 0 bridgehead atoms. The molecule has 26 heavy (non-hydrogen) atoms. The Morgan fingerprint density at radius 2 is 2.08 bits per heavy atom. The van der Waals surface area contributed by atoms with Crippen molar-refractivity contribution in [1.82, 2.24) is 14.8 Å². The second-order valence-electron chi connectivity index (χ2n) is 5.55. The molecule has 1 atom stereocenters. The van der Waals surface area contributed by atoms with Gasteiger partial charge < -0.3 is 19.0 Å². The lowest BCUT2D eigenvalue weighted by Gasteiger charge is -2.12. The summed E-state index contributed by atoms with van der Waals surface area (Å²) in [5, 5.41) is 11.5. The van der Waals surface area contributed by atoms with Crippen LogP contribution in [0.3, 0.4) is 0 Å². The largest absolute Gasteiger partial charge is 0.494 e. The highest BCUT2D eigenvalue weighted by Crippen LogP contribution is 2.26. The minimum absolute atomic E-state index is 0.110. The topological polar surface area (TPSA) is 82.2 Å². The fraction of sp³-hybridized carbons (Fsp3) is 0.278. The number of anilines is 1. The molecular weight excluding hydrogens is 352 g/mol. The molecule has 0 aliphatic carbocycles. The fourth-order valence-corrected chi connectivity index (χ4v) is 3.11. The van der Waals surface area contributed by atoms with Gasteiger partial charge in [0, 0.05) is 12.7 Å². The number of carbonyl (C=O) groups is 1. The number of furan rings is 1. The van der Waals surface area contributed by atoms with Gasteiger partial charge in [-0.05, 0) is 50.2 Å². The lowest BCUT2D eigenvalue weighted by molar-refractivity contribution is -0.115. The third-order valence-corrected chi connectivity index (χ3v) is 4.79. The molecule has 1 N–H and O–H groups in total. The molecular formula is C18H20N4O3S. The predicted octanol–water partition coefficient (Wildman–Crippen LogP) is 3.59. The SMILES string of the molecule is CCOc1ccc(NC(=O)[C@@H](C)Sc2nnc(-c3ccco3)n2C)cc1. The van der Waals surface area contributed by atoms with E-state index in [0.717, 1.165) is 11.4 Å². The van der Waals surface area contributed by atoms with E-state index in [-0.39, 0.29) is 11.2 Å². The summed E-state index contributed by atoms with van der Waals surface area (Å²) in [6.07, 6.45) is 1.59. The summed E-state index contributed by atoms with van der Waals surface area (Å²) in [7, 11) is 1.84. The van der Waals surface area contributed by atoms with E-state index in [1.807, 2.05) is 55.8 Å². The molecule has 0 saturated heterocycles. The van der Waals surface area contributed by atoms with E-state index in [0.29, 0.717) is 23.3 Å². The van der Waals surface area contributed by atoms with Crippen LogP contribution in [-0.2, 0) is 11.8 Å². The maximum absolute atomic E-state index is 12.4. The van der Waals surface area contributed by atoms with E-state index in [2.05, 4.69) is 15.5 Å². The van der Waals surface area contributed by atoms with Crippen molar-refractivity contribution in [3.63, 3.8) is 0 Å². The summed E-state index contributed by atoms with van der Waals surface area (Å²) in [5.74, 6) is 1.93. The third kappa shape index (κ3) is 4.08. The summed E-state index contributed by atoms with van der Waals surface area (Å²) < 4.78 is 12.6. The summed E-state index contributed by atoms with van der Waals surface area (Å²) in [5.41, 5.74) is 0.722. The van der Waals surface area contributed by atoms with E-state index < -0.39 is 0 Å². The number of carbonyl (C=O) groups excluding carboxylic acids is 1. The van der Waals surface area contributed by atoms with Crippen LogP contribution in [0.5, 0.6) is 5.75 Å². The van der Waals surface area contributed by atoms with E-state index >= 15 is 0 Å². The van der Waals surface area contributed by atoms with Crippen molar-refractivity contribution in [2.45, 2.75) is 24.3 Å². The van der Waals surface area contributed by atoms with Gasteiger partial charge in [0.1, 0.15) is 5.75 Å². The highest BCUT2D eigenvalue weighted by atomic mass is 32.2. The van der Waals surface area contributed by atoms with Crippen LogP contribution in [-0.4, -0.2) is 32.5 Å². The van der Waals surface area contributed by atoms with Crippen molar-refractivity contribution in [2.24, 2.45) is 7.05 Å². The van der Waals surface area contributed by atoms with Gasteiger partial charge in [-0.1, -0.05) is 11.8 Å². The minimum atomic E-state index is -0.339. The molecule has 3 rings (SSSR count). The number of thioether (sulfide) groups is 1. The molecule has 136 valence electrons. The summed E-state index contributed by atoms with van der Waals surface area (Å²) in [4.78, 5) is 12.4. The smallest absolute Gasteiger partial charge is 0.237 e. The minimum Gasteiger partial charge on any atom is -0.494 e. The van der Waals surface area contributed by atoms with E-state index in [9.17, 15) is 4.79 Å². The van der Waals surface area contributed by atoms with Gasteiger partial charge in [-0.2, -0.15) is 0 Å². The maximum atomic E-state index is 12.4. The highest BCUT2D eigenvalue weighted by Gasteiger charge is 2.20. The van der Waals surface area contributed by atoms with E-state index in [1.165, 1.54) is 11.8 Å². The standard InChI is InChI=1S/C18H20N4O3S/c1-4-24-14-9-7-13(8-10-14)19-17(23)12(2)26-18-21-20-16(22(18)3)15-6-5-11-25-15/h5-12H,4H2,1-3H3,(H,19,23)/t12-/m1/s1. The van der Waals surface area contributed by atoms with Crippen LogP contribution in [0.25, 0.3) is 11.6 Å². The lowest BCUT2D eigenvalue weighted by Crippen LogP contribution is -2.22. The first kappa shape index (κ1) is 18.1. The molecule has 0 aliphatic heterocycles. The number of rotatable bonds is 7. The maximum Gasteiger partial charge on any atom is 0.237 e. The summed E-state index contributed by atoms with van der Waals surface area (Å²) >= 11 is 1.34. The number of hydrogen-bond acceptors (Lipinski definition) is 6. The average molecular weight is 372 g/mol. The van der Waals surface area contributed by atoms with E-state index in [4.69, 9.17) is 9.15 Å². The molecule has 0 unspecified atom stereocenters. The summed E-state index contributed by atoms with van der Waals surface area (Å²) in [6.45, 7) is 4.37. The molecule has 0 spiro atoms. The van der Waals surface area contributed by atoms with Gasteiger partial charge in [0.25, 0.3) is 0 Å². The molecule has 1 amide bonds. The number of nitrogens with zero attached hydrogens (tertiary/aromatic N) is 3. The fourth-order valence-electron chi connectivity index (χ4n) is 2.29. The third-order valence-electron chi connectivity index (χ3n) is 3.66. The number of ether oxygens (including phenoxy) is 1. The Kier molecular flexibility index (Phi) is 5.62. The van der Waals surface area contributed by atoms with Gasteiger partial charge in [-0.15, -0.1) is 10.2 Å². The van der Waals surface area contributed by atoms with Gasteiger partial charge in [0.2, 0.25) is 5.91 Å². The second-order valence-corrected chi connectivity index (χ2v) is 6.86. The Balaban J connectivity index is 1.62. The van der Waals surface area contributed by atoms with E-state index in [1.54, 1.807) is 12.3 Å². The van der Waals surface area contributed by atoms with Crippen molar-refractivity contribution in [1.29, 1.82) is 0 Å². The Hall–Kier alpha value is -2.74. The van der Waals surface area contributed by atoms with Crippen LogP contribution in [0.4, 0.5) is 5.69 Å². The molecule has 0 radical (unpaired) electrons. The average Bonchev–Trinajstić information content (AvgIpc) is 3.27. The molecule has 0 aliphatic rings. The molecule has 3 aromatic rings. The van der Waals surface area contributed by atoms with Crippen molar-refractivity contribution in [3.8, 4) is 17.3 Å². The van der Waals surface area contributed by atoms with Crippen LogP contribution in [0.1, 0.15) is 13.8 Å². The van der Waals surface area contributed by atoms with Gasteiger partial charge in [-0.3, -0.25) is 4.79 Å². The summed E-state index contributed by atoms with van der Waals surface area (Å²) in [6, 6.07) is 10.9. The van der Waals surface area contributed by atoms with Crippen LogP contribution in [0.15, 0.2) is 52.2 Å². The molecule has 7 nitrogen and oxygen atoms in total. The Morgan fingerprint density at radius 3 is 2.73 bits per heavy atom. The van der Waals surface area contributed by atoms with Crippen molar-refractivity contribution in [2.75, 3.05) is 11.9 Å². The normalized spacial score (nSPS) is 12.0. The van der Waals surface area contributed by atoms with Crippen molar-refractivity contribution in [3.05, 3.63) is 42.7 Å². The lowest BCUT2D eigenvalue weighted by atomic mass is 10.3.